The number of carbonyl (C=O) groups excluding carboxylic acids is 3. The van der Waals surface area contributed by atoms with Crippen molar-refractivity contribution in [1.82, 2.24) is 4.90 Å². The van der Waals surface area contributed by atoms with E-state index in [4.69, 9.17) is 11.6 Å². The van der Waals surface area contributed by atoms with E-state index in [0.29, 0.717) is 22.5 Å². The smallest absolute Gasteiger partial charge is 0.269 e. The van der Waals surface area contributed by atoms with Crippen LogP contribution in [0.15, 0.2) is 54.6 Å². The molecule has 3 fully saturated rings. The Balaban J connectivity index is 1.36. The van der Waals surface area contributed by atoms with Gasteiger partial charge in [-0.25, -0.2) is 0 Å². The van der Waals surface area contributed by atoms with Crippen molar-refractivity contribution in [2.75, 3.05) is 11.6 Å². The summed E-state index contributed by atoms with van der Waals surface area (Å²) < 4.78 is 0. The van der Waals surface area contributed by atoms with E-state index in [2.05, 4.69) is 12.2 Å². The summed E-state index contributed by atoms with van der Waals surface area (Å²) in [6.07, 6.45) is 5.29. The Labute approximate surface area is 206 Å². The largest absolute Gasteiger partial charge is 0.289 e. The second kappa shape index (κ2) is 7.75. The number of amides is 3. The van der Waals surface area contributed by atoms with Crippen molar-refractivity contribution in [3.63, 3.8) is 0 Å². The first-order chi connectivity index (χ1) is 16.8. The average molecular weight is 492 g/mol. The minimum absolute atomic E-state index is 0.0863. The number of hydrogen-bond donors (Lipinski definition) is 0. The third kappa shape index (κ3) is 3.31. The van der Waals surface area contributed by atoms with Crippen LogP contribution >= 0.6 is 11.6 Å². The average Bonchev–Trinajstić information content (AvgIpc) is 3.64. The monoisotopic (exact) mass is 491 g/mol. The maximum Gasteiger partial charge on any atom is 0.269 e. The molecule has 2 saturated carbocycles. The van der Waals surface area contributed by atoms with Crippen LogP contribution in [0, 0.1) is 52.5 Å². The highest BCUT2D eigenvalue weighted by atomic mass is 35.5. The molecule has 4 aliphatic carbocycles. The van der Waals surface area contributed by atoms with Crippen LogP contribution in [0.2, 0.25) is 5.02 Å². The number of aryl methyl sites for hydroxylation is 1. The molecule has 1 aliphatic heterocycles. The number of nitro benzene ring substituents is 1. The summed E-state index contributed by atoms with van der Waals surface area (Å²) in [5.74, 6) is -0.532. The molecule has 0 aromatic heterocycles. The van der Waals surface area contributed by atoms with Crippen molar-refractivity contribution in [1.29, 1.82) is 0 Å². The lowest BCUT2D eigenvalue weighted by Gasteiger charge is -2.37. The molecule has 1 saturated heterocycles. The highest BCUT2D eigenvalue weighted by Crippen LogP contribution is 2.65. The number of carbonyl (C=O) groups is 3. The molecule has 0 radical (unpaired) electrons. The Morgan fingerprint density at radius 3 is 2.23 bits per heavy atom. The number of rotatable bonds is 5. The molecule has 6 atom stereocenters. The molecule has 9 heteroatoms. The summed E-state index contributed by atoms with van der Waals surface area (Å²) in [4.78, 5) is 53.8. The van der Waals surface area contributed by atoms with Gasteiger partial charge in [-0.05, 0) is 66.8 Å². The molecule has 1 heterocycles. The number of hydrogen-bond acceptors (Lipinski definition) is 5. The Morgan fingerprint density at radius 2 is 1.66 bits per heavy atom. The molecule has 2 aromatic rings. The number of benzene rings is 2. The van der Waals surface area contributed by atoms with Crippen molar-refractivity contribution < 1.29 is 19.3 Å². The Morgan fingerprint density at radius 1 is 1.06 bits per heavy atom. The highest BCUT2D eigenvalue weighted by molar-refractivity contribution is 6.31. The van der Waals surface area contributed by atoms with E-state index in [1.807, 2.05) is 6.92 Å². The lowest BCUT2D eigenvalue weighted by molar-refractivity contribution is -0.384. The fraction of sp³-hybridized carbons (Fsp3) is 0.346. The van der Waals surface area contributed by atoms with Crippen LogP contribution in [-0.2, 0) is 9.59 Å². The van der Waals surface area contributed by atoms with Crippen LogP contribution in [0.4, 0.5) is 11.4 Å². The number of nitrogens with zero attached hydrogens (tertiary/aromatic N) is 3. The van der Waals surface area contributed by atoms with Crippen molar-refractivity contribution in [2.45, 2.75) is 13.3 Å². The lowest BCUT2D eigenvalue weighted by atomic mass is 9.63. The number of anilines is 1. The summed E-state index contributed by atoms with van der Waals surface area (Å²) in [7, 11) is 0. The zero-order valence-corrected chi connectivity index (χ0v) is 19.6. The van der Waals surface area contributed by atoms with Gasteiger partial charge in [-0.2, -0.15) is 0 Å². The molecule has 5 aliphatic rings. The summed E-state index contributed by atoms with van der Waals surface area (Å²) in [6, 6.07) is 10.3. The van der Waals surface area contributed by atoms with E-state index in [0.717, 1.165) is 12.0 Å². The lowest BCUT2D eigenvalue weighted by Crippen LogP contribution is -2.45. The van der Waals surface area contributed by atoms with Crippen LogP contribution in [0.3, 0.4) is 0 Å². The van der Waals surface area contributed by atoms with Crippen molar-refractivity contribution in [3.05, 3.63) is 80.9 Å². The molecular weight excluding hydrogens is 470 g/mol. The molecule has 6 unspecified atom stereocenters. The van der Waals surface area contributed by atoms with E-state index in [-0.39, 0.29) is 53.4 Å². The van der Waals surface area contributed by atoms with Gasteiger partial charge in [-0.15, -0.1) is 0 Å². The minimum Gasteiger partial charge on any atom is -0.289 e. The van der Waals surface area contributed by atoms with E-state index in [1.165, 1.54) is 34.1 Å². The predicted octanol–water partition coefficient (Wildman–Crippen LogP) is 4.21. The second-order valence-corrected chi connectivity index (χ2v) is 10.3. The van der Waals surface area contributed by atoms with Gasteiger partial charge in [0.2, 0.25) is 11.8 Å². The summed E-state index contributed by atoms with van der Waals surface area (Å²) >= 11 is 6.24. The van der Waals surface area contributed by atoms with Gasteiger partial charge in [-0.3, -0.25) is 34.3 Å². The molecule has 2 bridgehead atoms. The van der Waals surface area contributed by atoms with E-state index in [1.54, 1.807) is 18.2 Å². The van der Waals surface area contributed by atoms with Gasteiger partial charge >= 0.3 is 0 Å². The topological polar surface area (TPSA) is 101 Å². The quantitative estimate of drug-likeness (QED) is 0.270. The van der Waals surface area contributed by atoms with Gasteiger partial charge in [0.15, 0.2) is 0 Å². The molecule has 35 heavy (non-hydrogen) atoms. The van der Waals surface area contributed by atoms with Crippen molar-refractivity contribution in [3.8, 4) is 0 Å². The summed E-state index contributed by atoms with van der Waals surface area (Å²) in [5.41, 5.74) is 1.28. The Kier molecular flexibility index (Phi) is 4.86. The van der Waals surface area contributed by atoms with Gasteiger partial charge in [0.1, 0.15) is 6.67 Å². The molecule has 0 spiro atoms. The number of imide groups is 1. The molecule has 8 nitrogen and oxygen atoms in total. The van der Waals surface area contributed by atoms with Gasteiger partial charge in [0.05, 0.1) is 22.4 Å². The summed E-state index contributed by atoms with van der Waals surface area (Å²) in [6.45, 7) is 1.57. The zero-order valence-electron chi connectivity index (χ0n) is 18.8. The molecule has 2 aromatic carbocycles. The van der Waals surface area contributed by atoms with E-state index >= 15 is 0 Å². The van der Waals surface area contributed by atoms with Gasteiger partial charge in [0, 0.05) is 22.7 Å². The fourth-order valence-electron chi connectivity index (χ4n) is 6.30. The standard InChI is InChI=1S/C26H22ClN3O5/c1-13-2-5-15(27)10-21(13)28(24(31)14-3-6-16(7-4-14)30(34)35)12-29-25(32)22-17-8-9-18(20-11-19(17)20)23(22)26(29)33/h2-10,17-20,22-23H,11-12H2,1H3. The van der Waals surface area contributed by atoms with Gasteiger partial charge in [0.25, 0.3) is 11.6 Å². The Hall–Kier alpha value is -3.52. The summed E-state index contributed by atoms with van der Waals surface area (Å²) in [5, 5.41) is 11.4. The minimum atomic E-state index is -0.538. The second-order valence-electron chi connectivity index (χ2n) is 9.87. The Bertz CT molecular complexity index is 1290. The molecule has 178 valence electrons. The molecule has 7 rings (SSSR count). The predicted molar refractivity (Wildman–Crippen MR) is 128 cm³/mol. The molecule has 0 N–H and O–H groups in total. The molecular formula is C26H22ClN3O5. The number of nitro groups is 1. The number of allylic oxidation sites excluding steroid dienone is 2. The van der Waals surface area contributed by atoms with Crippen molar-refractivity contribution in [2.24, 2.45) is 35.5 Å². The number of likely N-dealkylation sites (tertiary alicyclic amines) is 1. The SMILES string of the molecule is Cc1ccc(Cl)cc1N(CN1C(=O)C2C3C=CC(C4CC34)C2C1=O)C(=O)c1ccc([N+](=O)[O-])cc1. The molecule has 3 amide bonds. The van der Waals surface area contributed by atoms with E-state index < -0.39 is 10.8 Å². The first kappa shape index (κ1) is 22.0. The first-order valence-corrected chi connectivity index (χ1v) is 12.0. The fourth-order valence-corrected chi connectivity index (χ4v) is 6.47. The third-order valence-electron chi connectivity index (χ3n) is 8.07. The van der Waals surface area contributed by atoms with Crippen LogP contribution in [0.5, 0.6) is 0 Å². The zero-order chi connectivity index (χ0) is 24.6. The van der Waals surface area contributed by atoms with Crippen LogP contribution in [0.25, 0.3) is 0 Å². The third-order valence-corrected chi connectivity index (χ3v) is 8.30. The van der Waals surface area contributed by atoms with Crippen LogP contribution in [-0.4, -0.2) is 34.2 Å². The first-order valence-electron chi connectivity index (χ1n) is 11.6. The maximum absolute atomic E-state index is 13.7. The normalized spacial score (nSPS) is 29.7. The van der Waals surface area contributed by atoms with Crippen molar-refractivity contribution >= 4 is 40.7 Å². The highest BCUT2D eigenvalue weighted by Gasteiger charge is 2.67. The van der Waals surface area contributed by atoms with Crippen LogP contribution in [0.1, 0.15) is 22.3 Å². The maximum atomic E-state index is 13.7. The number of halogens is 1. The van der Waals surface area contributed by atoms with Gasteiger partial charge < -0.3 is 0 Å². The van der Waals surface area contributed by atoms with Gasteiger partial charge in [-0.1, -0.05) is 29.8 Å². The number of non-ortho nitro benzene ring substituents is 1. The van der Waals surface area contributed by atoms with Crippen LogP contribution < -0.4 is 4.90 Å². The van der Waals surface area contributed by atoms with E-state index in [9.17, 15) is 24.5 Å².